The van der Waals surface area contributed by atoms with Crippen LogP contribution >= 0.6 is 0 Å². The number of phenolic OH excluding ortho intramolecular Hbond substituents is 1. The van der Waals surface area contributed by atoms with Gasteiger partial charge in [-0.25, -0.2) is 0 Å². The first-order chi connectivity index (χ1) is 18.8. The van der Waals surface area contributed by atoms with Crippen molar-refractivity contribution in [3.05, 3.63) is 71.4 Å². The number of phenols is 1. The largest absolute Gasteiger partial charge is 0.508 e. The number of nitrogens with one attached hydrogen (secondary N) is 1. The molecule has 2 aliphatic rings. The Labute approximate surface area is 235 Å². The molecule has 0 aliphatic carbocycles. The topological polar surface area (TPSA) is 54.9 Å². The van der Waals surface area contributed by atoms with Crippen LogP contribution in [0.1, 0.15) is 69.2 Å². The molecule has 0 spiro atoms. The van der Waals surface area contributed by atoms with Crippen LogP contribution in [0.2, 0.25) is 0 Å². The summed E-state index contributed by atoms with van der Waals surface area (Å²) in [6, 6.07) is 18.5. The molecule has 3 aromatic rings. The molecular weight excluding hydrogens is 482 g/mol. The van der Waals surface area contributed by atoms with E-state index in [2.05, 4.69) is 91.4 Å². The molecule has 210 valence electrons. The van der Waals surface area contributed by atoms with Crippen LogP contribution in [0.3, 0.4) is 0 Å². The Morgan fingerprint density at radius 1 is 1.05 bits per heavy atom. The summed E-state index contributed by atoms with van der Waals surface area (Å²) in [5, 5.41) is 15.0. The molecule has 39 heavy (non-hydrogen) atoms. The molecule has 2 saturated heterocycles. The first-order valence-electron chi connectivity index (χ1n) is 14.9. The molecule has 0 unspecified atom stereocenters. The van der Waals surface area contributed by atoms with Gasteiger partial charge in [0.25, 0.3) is 0 Å². The zero-order chi connectivity index (χ0) is 27.6. The minimum atomic E-state index is -0.0361. The monoisotopic (exact) mass is 529 g/mol. The van der Waals surface area contributed by atoms with E-state index in [1.807, 2.05) is 12.1 Å². The maximum atomic E-state index is 10.1. The van der Waals surface area contributed by atoms with E-state index in [0.29, 0.717) is 23.9 Å². The van der Waals surface area contributed by atoms with Gasteiger partial charge in [0.15, 0.2) is 0 Å². The average Bonchev–Trinajstić information content (AvgIpc) is 2.91. The molecule has 5 rings (SSSR count). The number of piperidine rings is 1. The highest BCUT2D eigenvalue weighted by molar-refractivity contribution is 5.79. The molecule has 0 amide bonds. The summed E-state index contributed by atoms with van der Waals surface area (Å²) in [5.41, 5.74) is 4.94. The third-order valence-electron chi connectivity index (χ3n) is 9.07. The fourth-order valence-corrected chi connectivity index (χ4v) is 7.05. The highest BCUT2D eigenvalue weighted by Crippen LogP contribution is 2.39. The molecule has 3 atom stereocenters. The number of nitrogens with zero attached hydrogens (tertiary/aromatic N) is 4. The third-order valence-corrected chi connectivity index (χ3v) is 9.07. The first kappa shape index (κ1) is 28.0. The first-order valence-corrected chi connectivity index (χ1v) is 14.9. The minimum Gasteiger partial charge on any atom is -0.508 e. The second-order valence-corrected chi connectivity index (χ2v) is 12.3. The van der Waals surface area contributed by atoms with Gasteiger partial charge in [-0.2, -0.15) is 0 Å². The number of aromatic hydroxyl groups is 1. The van der Waals surface area contributed by atoms with Gasteiger partial charge in [0.05, 0.1) is 5.52 Å². The zero-order valence-corrected chi connectivity index (χ0v) is 24.5. The summed E-state index contributed by atoms with van der Waals surface area (Å²) in [6.45, 7) is 12.0. The van der Waals surface area contributed by atoms with Gasteiger partial charge in [-0.1, -0.05) is 37.6 Å². The lowest BCUT2D eigenvalue weighted by Crippen LogP contribution is -2.55. The summed E-state index contributed by atoms with van der Waals surface area (Å²) in [6.07, 6.45) is 6.55. The summed E-state index contributed by atoms with van der Waals surface area (Å²) in [7, 11) is 4.33. The van der Waals surface area contributed by atoms with Gasteiger partial charge >= 0.3 is 0 Å². The minimum absolute atomic E-state index is 0.0361. The Balaban J connectivity index is 1.28. The van der Waals surface area contributed by atoms with Crippen molar-refractivity contribution in [2.75, 3.05) is 40.3 Å². The normalized spacial score (nSPS) is 23.3. The van der Waals surface area contributed by atoms with Gasteiger partial charge in [0.2, 0.25) is 0 Å². The fraction of sp³-hybridized carbons (Fsp3) is 0.545. The highest BCUT2D eigenvalue weighted by Gasteiger charge is 2.38. The summed E-state index contributed by atoms with van der Waals surface area (Å²) in [5.74, 6) is 0.348. The van der Waals surface area contributed by atoms with Crippen LogP contribution in [0, 0.1) is 0 Å². The Morgan fingerprint density at radius 2 is 1.79 bits per heavy atom. The molecule has 2 N–H and O–H groups in total. The van der Waals surface area contributed by atoms with Crippen molar-refractivity contribution >= 4 is 10.9 Å². The lowest BCUT2D eigenvalue weighted by molar-refractivity contribution is 0.0506. The number of aromatic nitrogens is 1. The number of likely N-dealkylation sites (tertiary alicyclic amines) is 1. The number of fused-ring (bicyclic) bond motifs is 1. The van der Waals surface area contributed by atoms with Crippen molar-refractivity contribution in [3.8, 4) is 5.75 Å². The van der Waals surface area contributed by atoms with E-state index in [-0.39, 0.29) is 5.54 Å². The molecule has 6 nitrogen and oxygen atoms in total. The quantitative estimate of drug-likeness (QED) is 0.401. The van der Waals surface area contributed by atoms with E-state index < -0.39 is 0 Å². The fourth-order valence-electron chi connectivity index (χ4n) is 7.05. The Morgan fingerprint density at radius 3 is 2.46 bits per heavy atom. The Hall–Kier alpha value is -2.51. The van der Waals surface area contributed by atoms with E-state index >= 15 is 0 Å². The summed E-state index contributed by atoms with van der Waals surface area (Å²) >= 11 is 0. The Kier molecular flexibility index (Phi) is 8.57. The van der Waals surface area contributed by atoms with Crippen LogP contribution in [0.4, 0.5) is 0 Å². The maximum Gasteiger partial charge on any atom is 0.115 e. The van der Waals surface area contributed by atoms with Crippen molar-refractivity contribution in [2.24, 2.45) is 0 Å². The molecule has 2 aromatic carbocycles. The lowest BCUT2D eigenvalue weighted by Gasteiger charge is -2.46. The van der Waals surface area contributed by atoms with Crippen LogP contribution in [0.5, 0.6) is 5.75 Å². The number of hydrogen-bond acceptors (Lipinski definition) is 6. The van der Waals surface area contributed by atoms with E-state index in [4.69, 9.17) is 4.98 Å². The van der Waals surface area contributed by atoms with Gasteiger partial charge in [0.1, 0.15) is 5.75 Å². The highest BCUT2D eigenvalue weighted by atomic mass is 16.3. The standard InChI is InChI=1S/C33H47N5O/c1-6-8-32(38-21-24(2)35-25(3)22-38)28-18-27-12-11-26(17-31(27)34-20-28)23-37-15-13-33(14-16-37,36(4)5)29-9-7-10-30(39)19-29/h7,9-12,17-20,24-25,32,35,39H,6,8,13-16,21-23H2,1-5H3/t24-,25+,32-/m0/s1. The van der Waals surface area contributed by atoms with E-state index in [0.717, 1.165) is 57.5 Å². The van der Waals surface area contributed by atoms with Gasteiger partial charge in [0, 0.05) is 68.0 Å². The van der Waals surface area contributed by atoms with Crippen LogP contribution in [-0.4, -0.2) is 77.1 Å². The maximum absolute atomic E-state index is 10.1. The van der Waals surface area contributed by atoms with E-state index in [9.17, 15) is 5.11 Å². The number of piperazine rings is 1. The molecule has 2 aliphatic heterocycles. The van der Waals surface area contributed by atoms with Gasteiger partial charge in [-0.3, -0.25) is 19.7 Å². The second-order valence-electron chi connectivity index (χ2n) is 12.3. The number of hydrogen-bond donors (Lipinski definition) is 2. The zero-order valence-electron chi connectivity index (χ0n) is 24.5. The molecule has 1 aromatic heterocycles. The average molecular weight is 530 g/mol. The van der Waals surface area contributed by atoms with Crippen LogP contribution in [-0.2, 0) is 12.1 Å². The van der Waals surface area contributed by atoms with Gasteiger partial charge < -0.3 is 10.4 Å². The summed E-state index contributed by atoms with van der Waals surface area (Å²) in [4.78, 5) is 12.5. The summed E-state index contributed by atoms with van der Waals surface area (Å²) < 4.78 is 0. The molecular formula is C33H47N5O. The van der Waals surface area contributed by atoms with Gasteiger partial charge in [-0.05, 0) is 88.2 Å². The molecule has 0 radical (unpaired) electrons. The van der Waals surface area contributed by atoms with Crippen molar-refractivity contribution in [1.29, 1.82) is 0 Å². The smallest absolute Gasteiger partial charge is 0.115 e. The van der Waals surface area contributed by atoms with E-state index in [1.165, 1.54) is 28.5 Å². The third kappa shape index (κ3) is 6.14. The lowest BCUT2D eigenvalue weighted by atomic mass is 9.79. The second kappa shape index (κ2) is 11.9. The van der Waals surface area contributed by atoms with Gasteiger partial charge in [-0.15, -0.1) is 0 Å². The van der Waals surface area contributed by atoms with E-state index in [1.54, 1.807) is 6.07 Å². The van der Waals surface area contributed by atoms with Crippen molar-refractivity contribution in [2.45, 2.75) is 76.7 Å². The van der Waals surface area contributed by atoms with Crippen LogP contribution < -0.4 is 5.32 Å². The molecule has 3 heterocycles. The van der Waals surface area contributed by atoms with Crippen molar-refractivity contribution < 1.29 is 5.11 Å². The SMILES string of the molecule is CCC[C@@H](c1cnc2cc(CN3CCC(c4cccc(O)c4)(N(C)C)CC3)ccc2c1)N1C[C@@H](C)N[C@@H](C)C1. The van der Waals surface area contributed by atoms with Crippen LogP contribution in [0.15, 0.2) is 54.7 Å². The molecule has 2 fully saturated rings. The Bertz CT molecular complexity index is 1240. The number of pyridine rings is 1. The number of benzene rings is 2. The molecule has 6 heteroatoms. The predicted octanol–water partition coefficient (Wildman–Crippen LogP) is 5.52. The van der Waals surface area contributed by atoms with Crippen LogP contribution in [0.25, 0.3) is 10.9 Å². The van der Waals surface area contributed by atoms with Crippen molar-refractivity contribution in [3.63, 3.8) is 0 Å². The predicted molar refractivity (Wildman–Crippen MR) is 161 cm³/mol. The van der Waals surface area contributed by atoms with Crippen molar-refractivity contribution in [1.82, 2.24) is 25.0 Å². The number of rotatable bonds is 8. The molecule has 0 saturated carbocycles. The molecule has 0 bridgehead atoms.